The van der Waals surface area contributed by atoms with E-state index in [4.69, 9.17) is 5.26 Å². The first-order valence-electron chi connectivity index (χ1n) is 7.79. The van der Waals surface area contributed by atoms with E-state index in [1.165, 1.54) is 11.8 Å². The molecular weight excluding hydrogens is 336 g/mol. The van der Waals surface area contributed by atoms with E-state index in [9.17, 15) is 9.59 Å². The van der Waals surface area contributed by atoms with Gasteiger partial charge in [0.25, 0.3) is 5.91 Å². The number of hydrogen-bond acceptors (Lipinski definition) is 5. The van der Waals surface area contributed by atoms with E-state index in [2.05, 4.69) is 16.4 Å². The molecule has 1 aliphatic rings. The van der Waals surface area contributed by atoms with Gasteiger partial charge in [0, 0.05) is 35.9 Å². The lowest BCUT2D eigenvalue weighted by Crippen LogP contribution is -2.31. The molecule has 0 saturated carbocycles. The van der Waals surface area contributed by atoms with Gasteiger partial charge in [-0.3, -0.25) is 14.6 Å². The lowest BCUT2D eigenvalue weighted by molar-refractivity contribution is -0.113. The van der Waals surface area contributed by atoms with E-state index < -0.39 is 0 Å². The first-order chi connectivity index (χ1) is 12.2. The molecule has 6 nitrogen and oxygen atoms in total. The van der Waals surface area contributed by atoms with Gasteiger partial charge in [-0.05, 0) is 29.8 Å². The number of benzene rings is 1. The number of carbonyl (C=O) groups excluding carboxylic acids is 2. The van der Waals surface area contributed by atoms with Crippen LogP contribution < -0.4 is 5.32 Å². The summed E-state index contributed by atoms with van der Waals surface area (Å²) in [5, 5.41) is 11.7. The minimum absolute atomic E-state index is 0.0706. The van der Waals surface area contributed by atoms with E-state index in [0.29, 0.717) is 30.1 Å². The number of fused-ring (bicyclic) bond motifs is 1. The molecule has 0 atom stereocenters. The minimum atomic E-state index is -0.174. The maximum Gasteiger partial charge on any atom is 0.254 e. The quantitative estimate of drug-likeness (QED) is 0.894. The molecular formula is C18H16N4O2S. The van der Waals surface area contributed by atoms with Crippen molar-refractivity contribution < 1.29 is 9.59 Å². The average molecular weight is 352 g/mol. The molecule has 1 aromatic carbocycles. The second-order valence-corrected chi connectivity index (χ2v) is 6.56. The SMILES string of the molecule is N#CCCN(Cc1cccnc1)C(=O)c1ccc2c(c1)NC(=O)CS2. The number of nitriles is 1. The summed E-state index contributed by atoms with van der Waals surface area (Å²) >= 11 is 1.45. The summed E-state index contributed by atoms with van der Waals surface area (Å²) in [5.41, 5.74) is 2.05. The van der Waals surface area contributed by atoms with Crippen LogP contribution >= 0.6 is 11.8 Å². The Morgan fingerprint density at radius 3 is 3.04 bits per heavy atom. The highest BCUT2D eigenvalue weighted by Gasteiger charge is 2.20. The number of amides is 2. The smallest absolute Gasteiger partial charge is 0.254 e. The van der Waals surface area contributed by atoms with Gasteiger partial charge in [0.05, 0.1) is 23.9 Å². The van der Waals surface area contributed by atoms with Gasteiger partial charge in [-0.25, -0.2) is 0 Å². The first kappa shape index (κ1) is 17.0. The third-order valence-corrected chi connectivity index (χ3v) is 4.81. The summed E-state index contributed by atoms with van der Waals surface area (Å²) in [7, 11) is 0. The Bertz CT molecular complexity index is 833. The molecule has 7 heteroatoms. The van der Waals surface area contributed by atoms with Gasteiger partial charge in [0.15, 0.2) is 0 Å². The molecule has 126 valence electrons. The van der Waals surface area contributed by atoms with Crippen molar-refractivity contribution in [3.05, 3.63) is 53.9 Å². The van der Waals surface area contributed by atoms with Crippen molar-refractivity contribution in [3.63, 3.8) is 0 Å². The fraction of sp³-hybridized carbons (Fsp3) is 0.222. The molecule has 1 N–H and O–H groups in total. The van der Waals surface area contributed by atoms with Gasteiger partial charge >= 0.3 is 0 Å². The van der Waals surface area contributed by atoms with E-state index in [0.717, 1.165) is 10.5 Å². The number of pyridine rings is 1. The number of nitrogens with zero attached hydrogens (tertiary/aromatic N) is 3. The highest BCUT2D eigenvalue weighted by molar-refractivity contribution is 8.00. The minimum Gasteiger partial charge on any atom is -0.333 e. The summed E-state index contributed by atoms with van der Waals surface area (Å²) in [5.74, 6) is 0.140. The monoisotopic (exact) mass is 352 g/mol. The van der Waals surface area contributed by atoms with Crippen molar-refractivity contribution in [1.29, 1.82) is 5.26 Å². The van der Waals surface area contributed by atoms with E-state index >= 15 is 0 Å². The van der Waals surface area contributed by atoms with Gasteiger partial charge in [0.1, 0.15) is 0 Å². The van der Waals surface area contributed by atoms with Crippen LogP contribution in [0.1, 0.15) is 22.3 Å². The van der Waals surface area contributed by atoms with Crippen molar-refractivity contribution in [1.82, 2.24) is 9.88 Å². The Morgan fingerprint density at radius 1 is 1.40 bits per heavy atom. The molecule has 25 heavy (non-hydrogen) atoms. The zero-order valence-electron chi connectivity index (χ0n) is 13.4. The van der Waals surface area contributed by atoms with Gasteiger partial charge in [-0.15, -0.1) is 11.8 Å². The van der Waals surface area contributed by atoms with Crippen LogP contribution in [0.15, 0.2) is 47.6 Å². The molecule has 2 heterocycles. The topological polar surface area (TPSA) is 86.1 Å². The lowest BCUT2D eigenvalue weighted by atomic mass is 10.1. The maximum atomic E-state index is 12.9. The average Bonchev–Trinajstić information content (AvgIpc) is 2.64. The second kappa shape index (κ2) is 7.81. The van der Waals surface area contributed by atoms with Crippen LogP contribution in [0.5, 0.6) is 0 Å². The highest BCUT2D eigenvalue weighted by Crippen LogP contribution is 2.32. The van der Waals surface area contributed by atoms with Crippen molar-refractivity contribution in [2.75, 3.05) is 17.6 Å². The third-order valence-electron chi connectivity index (χ3n) is 3.74. The molecule has 0 spiro atoms. The number of rotatable bonds is 5. The van der Waals surface area contributed by atoms with Crippen molar-refractivity contribution in [2.24, 2.45) is 0 Å². The predicted molar refractivity (Wildman–Crippen MR) is 95.0 cm³/mol. The van der Waals surface area contributed by atoms with E-state index in [-0.39, 0.29) is 18.2 Å². The van der Waals surface area contributed by atoms with Crippen LogP contribution in [-0.2, 0) is 11.3 Å². The molecule has 1 aromatic heterocycles. The van der Waals surface area contributed by atoms with Crippen molar-refractivity contribution in [3.8, 4) is 6.07 Å². The zero-order chi connectivity index (χ0) is 17.6. The Kier molecular flexibility index (Phi) is 5.31. The molecule has 0 bridgehead atoms. The Balaban J connectivity index is 1.83. The number of aromatic nitrogens is 1. The van der Waals surface area contributed by atoms with E-state index in [1.807, 2.05) is 18.2 Å². The molecule has 2 amide bonds. The Hall–Kier alpha value is -2.85. The standard InChI is InChI=1S/C18H16N4O2S/c19-6-2-8-22(11-13-3-1-7-20-10-13)18(24)14-4-5-16-15(9-14)21-17(23)12-25-16/h1,3-5,7,9-10H,2,8,11-12H2,(H,21,23). The molecule has 3 rings (SSSR count). The summed E-state index contributed by atoms with van der Waals surface area (Å²) < 4.78 is 0. The van der Waals surface area contributed by atoms with Crippen LogP contribution in [-0.4, -0.2) is 34.0 Å². The van der Waals surface area contributed by atoms with Gasteiger partial charge in [0.2, 0.25) is 5.91 Å². The number of hydrogen-bond donors (Lipinski definition) is 1. The van der Waals surface area contributed by atoms with Crippen LogP contribution in [0, 0.1) is 11.3 Å². The second-order valence-electron chi connectivity index (χ2n) is 5.54. The highest BCUT2D eigenvalue weighted by atomic mass is 32.2. The molecule has 0 saturated heterocycles. The molecule has 0 fully saturated rings. The predicted octanol–water partition coefficient (Wildman–Crippen LogP) is 2.68. The summed E-state index contributed by atoms with van der Waals surface area (Å²) in [6, 6.07) is 11.1. The summed E-state index contributed by atoms with van der Waals surface area (Å²) in [4.78, 5) is 31.1. The molecule has 1 aliphatic heterocycles. The number of thioether (sulfide) groups is 1. The first-order valence-corrected chi connectivity index (χ1v) is 8.78. The van der Waals surface area contributed by atoms with Gasteiger partial charge in [-0.1, -0.05) is 6.07 Å². The fourth-order valence-corrected chi connectivity index (χ4v) is 3.34. The van der Waals surface area contributed by atoms with Crippen LogP contribution in [0.25, 0.3) is 0 Å². The zero-order valence-corrected chi connectivity index (χ0v) is 14.3. The Labute approximate surface area is 149 Å². The third kappa shape index (κ3) is 4.17. The number of anilines is 1. The van der Waals surface area contributed by atoms with Crippen LogP contribution in [0.2, 0.25) is 0 Å². The maximum absolute atomic E-state index is 12.9. The molecule has 2 aromatic rings. The molecule has 0 aliphatic carbocycles. The lowest BCUT2D eigenvalue weighted by Gasteiger charge is -2.23. The molecule has 0 unspecified atom stereocenters. The van der Waals surface area contributed by atoms with Crippen LogP contribution in [0.4, 0.5) is 5.69 Å². The number of carbonyl (C=O) groups is 2. The largest absolute Gasteiger partial charge is 0.333 e. The molecule has 0 radical (unpaired) electrons. The number of nitrogens with one attached hydrogen (secondary N) is 1. The van der Waals surface area contributed by atoms with Crippen molar-refractivity contribution >= 4 is 29.3 Å². The van der Waals surface area contributed by atoms with Gasteiger partial charge < -0.3 is 10.2 Å². The van der Waals surface area contributed by atoms with Crippen molar-refractivity contribution in [2.45, 2.75) is 17.9 Å². The fourth-order valence-electron chi connectivity index (χ4n) is 2.55. The Morgan fingerprint density at radius 2 is 2.28 bits per heavy atom. The van der Waals surface area contributed by atoms with Gasteiger partial charge in [-0.2, -0.15) is 5.26 Å². The van der Waals surface area contributed by atoms with Crippen LogP contribution in [0.3, 0.4) is 0 Å². The van der Waals surface area contributed by atoms with E-state index in [1.54, 1.807) is 29.4 Å². The summed E-state index contributed by atoms with van der Waals surface area (Å²) in [6.07, 6.45) is 3.63. The normalized spacial score (nSPS) is 12.7. The summed E-state index contributed by atoms with van der Waals surface area (Å²) in [6.45, 7) is 0.717.